The Morgan fingerprint density at radius 1 is 1.10 bits per heavy atom. The van der Waals surface area contributed by atoms with Gasteiger partial charge in [-0.15, -0.1) is 0 Å². The number of nitrogens with zero attached hydrogens (tertiary/aromatic N) is 1. The summed E-state index contributed by atoms with van der Waals surface area (Å²) in [5, 5.41) is 0. The van der Waals surface area contributed by atoms with Crippen molar-refractivity contribution >= 4 is 10.0 Å². The van der Waals surface area contributed by atoms with Crippen LogP contribution in [-0.2, 0) is 10.0 Å². The second-order valence-corrected chi connectivity index (χ2v) is 7.03. The number of sulfonamides is 1. The van der Waals surface area contributed by atoms with Gasteiger partial charge in [-0.2, -0.15) is 4.31 Å². The van der Waals surface area contributed by atoms with Gasteiger partial charge in [0.2, 0.25) is 10.0 Å². The number of aryl methyl sites for hydroxylation is 1. The predicted molar refractivity (Wildman–Crippen MR) is 81.4 cm³/mol. The minimum absolute atomic E-state index is 0.271. The molecule has 0 N–H and O–H groups in total. The minimum atomic E-state index is -3.52. The summed E-state index contributed by atoms with van der Waals surface area (Å²) in [7, 11) is -0.493. The van der Waals surface area contributed by atoms with Crippen molar-refractivity contribution in [1.29, 1.82) is 0 Å². The molecule has 0 unspecified atom stereocenters. The molecule has 1 saturated heterocycles. The average molecular weight is 311 g/mol. The first-order valence-electron chi connectivity index (χ1n) is 6.79. The molecule has 2 rings (SSSR count). The Morgan fingerprint density at radius 3 is 2.14 bits per heavy atom. The molecule has 5 nitrogen and oxygen atoms in total. The lowest BCUT2D eigenvalue weighted by molar-refractivity contribution is 0.352. The van der Waals surface area contributed by atoms with E-state index < -0.39 is 10.0 Å². The number of methoxy groups -OCH3 is 2. The van der Waals surface area contributed by atoms with Crippen LogP contribution in [0, 0.1) is 6.92 Å². The number of ether oxygens (including phenoxy) is 2. The van der Waals surface area contributed by atoms with E-state index in [0.717, 1.165) is 5.57 Å². The van der Waals surface area contributed by atoms with Crippen molar-refractivity contribution in [2.24, 2.45) is 0 Å². The highest BCUT2D eigenvalue weighted by Crippen LogP contribution is 2.34. The maximum atomic E-state index is 12.8. The molecule has 116 valence electrons. The molecule has 1 aromatic rings. The first-order valence-corrected chi connectivity index (χ1v) is 8.23. The maximum absolute atomic E-state index is 12.8. The van der Waals surface area contributed by atoms with Crippen molar-refractivity contribution in [2.45, 2.75) is 24.7 Å². The molecule has 21 heavy (non-hydrogen) atoms. The Balaban J connectivity index is 2.42. The molecule has 0 radical (unpaired) electrons. The van der Waals surface area contributed by atoms with E-state index in [0.29, 0.717) is 43.0 Å². The van der Waals surface area contributed by atoms with Gasteiger partial charge in [0.25, 0.3) is 0 Å². The first-order chi connectivity index (χ1) is 9.90. The van der Waals surface area contributed by atoms with E-state index in [2.05, 4.69) is 6.58 Å². The predicted octanol–water partition coefficient (Wildman–Crippen LogP) is 2.35. The summed E-state index contributed by atoms with van der Waals surface area (Å²) in [6, 6.07) is 3.22. The molecule has 0 bridgehead atoms. The standard InChI is InChI=1S/C15H21NO4S/c1-11-5-7-16(8-6-11)21(17,18)15-10-14(20-4)13(19-3)9-12(15)2/h9-10H,1,5-8H2,2-4H3. The van der Waals surface area contributed by atoms with Gasteiger partial charge in [-0.25, -0.2) is 8.42 Å². The van der Waals surface area contributed by atoms with Gasteiger partial charge >= 0.3 is 0 Å². The number of piperidine rings is 1. The number of hydrogen-bond acceptors (Lipinski definition) is 4. The summed E-state index contributed by atoms with van der Waals surface area (Å²) in [6.07, 6.45) is 1.43. The summed E-state index contributed by atoms with van der Waals surface area (Å²) in [4.78, 5) is 0.271. The monoisotopic (exact) mass is 311 g/mol. The molecule has 1 aliphatic heterocycles. The van der Waals surface area contributed by atoms with Gasteiger partial charge in [0.05, 0.1) is 19.1 Å². The lowest BCUT2D eigenvalue weighted by Crippen LogP contribution is -2.36. The highest BCUT2D eigenvalue weighted by Gasteiger charge is 2.29. The van der Waals surface area contributed by atoms with Crippen molar-refractivity contribution in [1.82, 2.24) is 4.31 Å². The van der Waals surface area contributed by atoms with Gasteiger partial charge in [0.1, 0.15) is 0 Å². The summed E-state index contributed by atoms with van der Waals surface area (Å²) in [5.74, 6) is 0.948. The van der Waals surface area contributed by atoms with E-state index in [9.17, 15) is 8.42 Å². The lowest BCUT2D eigenvalue weighted by atomic mass is 10.1. The topological polar surface area (TPSA) is 55.8 Å². The average Bonchev–Trinajstić information content (AvgIpc) is 2.47. The zero-order valence-corrected chi connectivity index (χ0v) is 13.5. The summed E-state index contributed by atoms with van der Waals surface area (Å²) >= 11 is 0. The lowest BCUT2D eigenvalue weighted by Gasteiger charge is -2.28. The van der Waals surface area contributed by atoms with Gasteiger partial charge in [-0.1, -0.05) is 12.2 Å². The normalized spacial score (nSPS) is 16.8. The molecular weight excluding hydrogens is 290 g/mol. The summed E-state index contributed by atoms with van der Waals surface area (Å²) in [5.41, 5.74) is 1.75. The summed E-state index contributed by atoms with van der Waals surface area (Å²) < 4.78 is 37.5. The second-order valence-electron chi connectivity index (χ2n) is 5.13. The van der Waals surface area contributed by atoms with Crippen LogP contribution in [0.1, 0.15) is 18.4 Å². The molecule has 0 aromatic heterocycles. The zero-order valence-electron chi connectivity index (χ0n) is 12.7. The molecule has 1 aromatic carbocycles. The number of rotatable bonds is 4. The van der Waals surface area contributed by atoms with E-state index >= 15 is 0 Å². The third-order valence-electron chi connectivity index (χ3n) is 3.73. The SMILES string of the molecule is C=C1CCN(S(=O)(=O)c2cc(OC)c(OC)cc2C)CC1. The van der Waals surface area contributed by atoms with E-state index in [1.165, 1.54) is 24.6 Å². The Morgan fingerprint density at radius 2 is 1.62 bits per heavy atom. The molecule has 1 heterocycles. The van der Waals surface area contributed by atoms with Gasteiger partial charge < -0.3 is 9.47 Å². The largest absolute Gasteiger partial charge is 0.493 e. The molecule has 0 saturated carbocycles. The molecular formula is C15H21NO4S. The van der Waals surface area contributed by atoms with E-state index in [4.69, 9.17) is 9.47 Å². The fraction of sp³-hybridized carbons (Fsp3) is 0.467. The van der Waals surface area contributed by atoms with Crippen LogP contribution < -0.4 is 9.47 Å². The Bertz CT molecular complexity index is 642. The summed E-state index contributed by atoms with van der Waals surface area (Å²) in [6.45, 7) is 6.64. The van der Waals surface area contributed by atoms with Crippen LogP contribution in [0.25, 0.3) is 0 Å². The van der Waals surface area contributed by atoms with Crippen molar-refractivity contribution in [3.05, 3.63) is 29.8 Å². The second kappa shape index (κ2) is 6.07. The van der Waals surface area contributed by atoms with Gasteiger partial charge in [-0.3, -0.25) is 0 Å². The fourth-order valence-corrected chi connectivity index (χ4v) is 4.08. The van der Waals surface area contributed by atoms with Gasteiger partial charge in [0, 0.05) is 19.2 Å². The van der Waals surface area contributed by atoms with E-state index in [1.54, 1.807) is 13.0 Å². The minimum Gasteiger partial charge on any atom is -0.493 e. The first kappa shape index (κ1) is 15.9. The van der Waals surface area contributed by atoms with E-state index in [1.807, 2.05) is 0 Å². The smallest absolute Gasteiger partial charge is 0.243 e. The highest BCUT2D eigenvalue weighted by molar-refractivity contribution is 7.89. The molecule has 0 amide bonds. The van der Waals surface area contributed by atoms with Crippen LogP contribution in [0.3, 0.4) is 0 Å². The third kappa shape index (κ3) is 3.06. The van der Waals surface area contributed by atoms with Gasteiger partial charge in [0.15, 0.2) is 11.5 Å². The molecule has 6 heteroatoms. The van der Waals surface area contributed by atoms with Crippen LogP contribution in [0.4, 0.5) is 0 Å². The molecule has 0 aliphatic carbocycles. The Hall–Kier alpha value is -1.53. The van der Waals surface area contributed by atoms with Crippen molar-refractivity contribution in [3.63, 3.8) is 0 Å². The van der Waals surface area contributed by atoms with Gasteiger partial charge in [-0.05, 0) is 31.4 Å². The zero-order chi connectivity index (χ0) is 15.6. The van der Waals surface area contributed by atoms with Crippen molar-refractivity contribution < 1.29 is 17.9 Å². The Kier molecular flexibility index (Phi) is 4.58. The van der Waals surface area contributed by atoms with Crippen LogP contribution >= 0.6 is 0 Å². The third-order valence-corrected chi connectivity index (χ3v) is 5.77. The number of hydrogen-bond donors (Lipinski definition) is 0. The molecule has 1 aliphatic rings. The molecule has 1 fully saturated rings. The van der Waals surface area contributed by atoms with Crippen molar-refractivity contribution in [3.8, 4) is 11.5 Å². The van der Waals surface area contributed by atoms with Crippen molar-refractivity contribution in [2.75, 3.05) is 27.3 Å². The number of benzene rings is 1. The van der Waals surface area contributed by atoms with E-state index in [-0.39, 0.29) is 4.90 Å². The fourth-order valence-electron chi connectivity index (χ4n) is 2.42. The maximum Gasteiger partial charge on any atom is 0.243 e. The van der Waals surface area contributed by atoms with Crippen LogP contribution in [-0.4, -0.2) is 40.0 Å². The molecule has 0 spiro atoms. The highest BCUT2D eigenvalue weighted by atomic mass is 32.2. The van der Waals surface area contributed by atoms with Crippen LogP contribution in [0.15, 0.2) is 29.2 Å². The van der Waals surface area contributed by atoms with Crippen LogP contribution in [0.5, 0.6) is 11.5 Å². The van der Waals surface area contributed by atoms with Crippen LogP contribution in [0.2, 0.25) is 0 Å². The quantitative estimate of drug-likeness (QED) is 0.801. The molecule has 0 atom stereocenters. The Labute approximate surface area is 126 Å².